The molecule has 1 aromatic carbocycles. The molecular weight excluding hydrogens is 640 g/mol. The largest absolute Gasteiger partial charge is 0.486 e. The lowest BCUT2D eigenvalue weighted by Crippen LogP contribution is -2.48. The average molecular weight is 689 g/mol. The van der Waals surface area contributed by atoms with E-state index in [4.69, 9.17) is 14.1 Å². The lowest BCUT2D eigenvalue weighted by Gasteiger charge is -2.35. The van der Waals surface area contributed by atoms with E-state index in [-0.39, 0.29) is 30.3 Å². The fourth-order valence-electron chi connectivity index (χ4n) is 6.80. The number of anilines is 2. The number of oxazole rings is 1. The summed E-state index contributed by atoms with van der Waals surface area (Å²) < 4.78 is 11.3. The van der Waals surface area contributed by atoms with Gasteiger partial charge in [0.15, 0.2) is 12.2 Å². The van der Waals surface area contributed by atoms with Crippen LogP contribution in [-0.2, 0) is 29.2 Å². The van der Waals surface area contributed by atoms with Gasteiger partial charge in [-0.25, -0.2) is 9.97 Å². The topological polar surface area (TPSA) is 157 Å². The highest BCUT2D eigenvalue weighted by molar-refractivity contribution is 5.95. The maximum atomic E-state index is 13.5. The normalized spacial score (nSPS) is 17.6. The highest BCUT2D eigenvalue weighted by atomic mass is 16.5. The summed E-state index contributed by atoms with van der Waals surface area (Å²) in [5.41, 5.74) is 3.68. The minimum absolute atomic E-state index is 0.0475. The van der Waals surface area contributed by atoms with Crippen molar-refractivity contribution in [2.75, 3.05) is 69.1 Å². The summed E-state index contributed by atoms with van der Waals surface area (Å²) in [5, 5.41) is 17.4. The van der Waals surface area contributed by atoms with Crippen LogP contribution in [-0.4, -0.2) is 119 Å². The van der Waals surface area contributed by atoms with Crippen molar-refractivity contribution < 1.29 is 28.6 Å². The molecule has 3 aliphatic heterocycles. The Labute approximate surface area is 292 Å². The number of benzene rings is 1. The first-order valence-corrected chi connectivity index (χ1v) is 17.5. The van der Waals surface area contributed by atoms with Crippen LogP contribution in [0.3, 0.4) is 0 Å². The number of aromatic nitrogens is 2. The molecule has 0 aliphatic carbocycles. The monoisotopic (exact) mass is 688 g/mol. The number of fused-ring (bicyclic) bond motifs is 1. The second-order valence-electron chi connectivity index (χ2n) is 13.4. The van der Waals surface area contributed by atoms with Crippen molar-refractivity contribution in [3.63, 3.8) is 0 Å². The number of hydrogen-bond acceptors (Lipinski definition) is 11. The molecule has 3 aliphatic rings. The molecule has 14 heteroatoms. The van der Waals surface area contributed by atoms with Gasteiger partial charge in [0.2, 0.25) is 11.8 Å². The highest BCUT2D eigenvalue weighted by Crippen LogP contribution is 2.26. The third-order valence-corrected chi connectivity index (χ3v) is 9.87. The minimum Gasteiger partial charge on any atom is -0.486 e. The molecule has 2 aromatic heterocycles. The zero-order valence-corrected chi connectivity index (χ0v) is 29.2. The van der Waals surface area contributed by atoms with Gasteiger partial charge in [0, 0.05) is 90.9 Å². The summed E-state index contributed by atoms with van der Waals surface area (Å²) in [6.07, 6.45) is 3.07. The Morgan fingerprint density at radius 3 is 2.42 bits per heavy atom. The molecule has 1 atom stereocenters. The van der Waals surface area contributed by atoms with Crippen molar-refractivity contribution in [2.45, 2.75) is 65.3 Å². The Morgan fingerprint density at radius 1 is 0.980 bits per heavy atom. The van der Waals surface area contributed by atoms with E-state index in [1.54, 1.807) is 26.0 Å². The summed E-state index contributed by atoms with van der Waals surface area (Å²) in [7, 11) is 0. The zero-order valence-electron chi connectivity index (χ0n) is 29.2. The summed E-state index contributed by atoms with van der Waals surface area (Å²) in [6, 6.07) is 9.74. The number of hydrogen-bond donors (Lipinski definition) is 3. The number of amides is 3. The Hall–Kier alpha value is -4.69. The molecule has 6 rings (SSSR count). The molecule has 5 heterocycles. The average Bonchev–Trinajstić information content (AvgIpc) is 3.53. The quantitative estimate of drug-likeness (QED) is 0.272. The van der Waals surface area contributed by atoms with Gasteiger partial charge in [-0.3, -0.25) is 19.3 Å². The van der Waals surface area contributed by atoms with Gasteiger partial charge >= 0.3 is 0 Å². The number of carbonyl (C=O) groups is 3. The second kappa shape index (κ2) is 15.9. The van der Waals surface area contributed by atoms with E-state index in [9.17, 15) is 19.5 Å². The van der Waals surface area contributed by atoms with Crippen LogP contribution in [0, 0.1) is 6.92 Å². The van der Waals surface area contributed by atoms with Crippen LogP contribution < -0.4 is 20.3 Å². The van der Waals surface area contributed by atoms with Gasteiger partial charge in [0.25, 0.3) is 5.91 Å². The first kappa shape index (κ1) is 35.1. The maximum absolute atomic E-state index is 13.5. The molecule has 2 saturated heterocycles. The summed E-state index contributed by atoms with van der Waals surface area (Å²) in [5.74, 6) is 2.59. The van der Waals surface area contributed by atoms with Crippen LogP contribution in [0.15, 0.2) is 41.1 Å². The van der Waals surface area contributed by atoms with Gasteiger partial charge in [0.1, 0.15) is 24.0 Å². The molecule has 0 bridgehead atoms. The van der Waals surface area contributed by atoms with E-state index < -0.39 is 6.10 Å². The first-order valence-electron chi connectivity index (χ1n) is 17.5. The van der Waals surface area contributed by atoms with E-state index >= 15 is 0 Å². The van der Waals surface area contributed by atoms with E-state index in [1.807, 2.05) is 22.8 Å². The van der Waals surface area contributed by atoms with E-state index in [1.165, 1.54) is 17.5 Å². The molecule has 3 aromatic rings. The number of nitrogens with zero attached hydrogens (tertiary/aromatic N) is 6. The molecule has 3 N–H and O–H groups in total. The number of ether oxygens (including phenoxy) is 1. The number of β-amino-alcohol motifs (C(OH)–C–C–N with tert-alkyl or cyclic N) is 1. The zero-order chi connectivity index (χ0) is 35.2. The van der Waals surface area contributed by atoms with Gasteiger partial charge < -0.3 is 39.6 Å². The molecule has 3 amide bonds. The minimum atomic E-state index is -0.752. The smallest absolute Gasteiger partial charge is 0.251 e. The molecule has 268 valence electrons. The van der Waals surface area contributed by atoms with Gasteiger partial charge in [-0.1, -0.05) is 6.07 Å². The standard InChI is InChI=1S/C36H48N8O6/c1-24-33(50-23-38-24)22-49-32-5-4-28-20-41(9-6-27(28)16-32)21-31(47)19-37-36(48)29-17-34(39-30-7-10-42(11-8-30)25(2)45)40-35(18-29)44-14-12-43(13-15-44)26(3)46/h4-5,16-18,23,30-31,47H,6-15,19-22H2,1-3H3,(H,37,48)(H,39,40). The predicted molar refractivity (Wildman–Crippen MR) is 187 cm³/mol. The number of aliphatic hydroxyl groups excluding tert-OH is 1. The van der Waals surface area contributed by atoms with Crippen molar-refractivity contribution in [3.05, 3.63) is 64.9 Å². The predicted octanol–water partition coefficient (Wildman–Crippen LogP) is 2.20. The molecule has 14 nitrogen and oxygen atoms in total. The summed E-state index contributed by atoms with van der Waals surface area (Å²) in [4.78, 5) is 54.1. The van der Waals surface area contributed by atoms with Crippen LogP contribution >= 0.6 is 0 Å². The number of aryl methyl sites for hydroxylation is 1. The Morgan fingerprint density at radius 2 is 1.72 bits per heavy atom. The number of likely N-dealkylation sites (tertiary alicyclic amines) is 1. The van der Waals surface area contributed by atoms with E-state index in [0.29, 0.717) is 81.9 Å². The van der Waals surface area contributed by atoms with Crippen LogP contribution in [0.25, 0.3) is 0 Å². The van der Waals surface area contributed by atoms with Crippen LogP contribution in [0.2, 0.25) is 0 Å². The number of rotatable bonds is 11. The Balaban J connectivity index is 1.04. The van der Waals surface area contributed by atoms with Crippen molar-refractivity contribution in [3.8, 4) is 5.75 Å². The lowest BCUT2D eigenvalue weighted by atomic mass is 9.99. The molecule has 1 unspecified atom stereocenters. The first-order chi connectivity index (χ1) is 24.1. The van der Waals surface area contributed by atoms with Crippen LogP contribution in [0.5, 0.6) is 5.75 Å². The van der Waals surface area contributed by atoms with Crippen LogP contribution in [0.1, 0.15) is 59.6 Å². The van der Waals surface area contributed by atoms with Crippen molar-refractivity contribution in [2.24, 2.45) is 0 Å². The molecular formula is C36H48N8O6. The Kier molecular flexibility index (Phi) is 11.2. The van der Waals surface area contributed by atoms with Crippen molar-refractivity contribution in [1.29, 1.82) is 0 Å². The van der Waals surface area contributed by atoms with E-state index in [2.05, 4.69) is 37.6 Å². The molecule has 0 spiro atoms. The molecule has 0 saturated carbocycles. The summed E-state index contributed by atoms with van der Waals surface area (Å²) >= 11 is 0. The van der Waals surface area contributed by atoms with Gasteiger partial charge in [-0.15, -0.1) is 0 Å². The number of aliphatic hydroxyl groups is 1. The van der Waals surface area contributed by atoms with Gasteiger partial charge in [-0.05, 0) is 61.6 Å². The van der Waals surface area contributed by atoms with Crippen molar-refractivity contribution >= 4 is 29.4 Å². The number of carbonyl (C=O) groups excluding carboxylic acids is 3. The third kappa shape index (κ3) is 8.90. The van der Waals surface area contributed by atoms with E-state index in [0.717, 1.165) is 37.3 Å². The Bertz CT molecular complexity index is 1660. The second-order valence-corrected chi connectivity index (χ2v) is 13.4. The number of pyridine rings is 1. The van der Waals surface area contributed by atoms with Gasteiger partial charge in [-0.2, -0.15) is 0 Å². The van der Waals surface area contributed by atoms with Crippen LogP contribution in [0.4, 0.5) is 11.6 Å². The summed E-state index contributed by atoms with van der Waals surface area (Å²) in [6.45, 7) is 11.2. The third-order valence-electron chi connectivity index (χ3n) is 9.87. The maximum Gasteiger partial charge on any atom is 0.251 e. The number of nitrogens with one attached hydrogen (secondary N) is 2. The molecule has 0 radical (unpaired) electrons. The highest BCUT2D eigenvalue weighted by Gasteiger charge is 2.25. The SMILES string of the molecule is CC(=O)N1CCC(Nc2cc(C(=O)NCC(O)CN3CCc4cc(OCc5ocnc5C)ccc4C3)cc(N3CCN(C(C)=O)CC3)n2)CC1. The lowest BCUT2D eigenvalue weighted by molar-refractivity contribution is -0.130. The molecule has 2 fully saturated rings. The number of piperazine rings is 1. The molecule has 50 heavy (non-hydrogen) atoms. The van der Waals surface area contributed by atoms with Gasteiger partial charge in [0.05, 0.1) is 11.8 Å². The fraction of sp³-hybridized carbons (Fsp3) is 0.528. The van der Waals surface area contributed by atoms with Crippen molar-refractivity contribution in [1.82, 2.24) is 30.0 Å². The number of piperidine rings is 1. The fourth-order valence-corrected chi connectivity index (χ4v) is 6.80.